The fourth-order valence-corrected chi connectivity index (χ4v) is 3.67. The van der Waals surface area contributed by atoms with Crippen molar-refractivity contribution >= 4 is 21.0 Å². The molecule has 1 heterocycles. The average molecular weight is 451 g/mol. The van der Waals surface area contributed by atoms with Crippen LogP contribution in [-0.4, -0.2) is 32.0 Å². The Labute approximate surface area is 166 Å². The molecule has 2 aromatic rings. The van der Waals surface area contributed by atoms with E-state index in [1.165, 1.54) is 0 Å². The summed E-state index contributed by atoms with van der Waals surface area (Å²) in [6, 6.07) is 6.18. The molecule has 0 N–H and O–H groups in total. The van der Waals surface area contributed by atoms with Gasteiger partial charge in [-0.25, -0.2) is 13.4 Å². The number of benzene rings is 1. The Bertz CT molecular complexity index is 1110. The van der Waals surface area contributed by atoms with Crippen LogP contribution in [0.5, 0.6) is 0 Å². The van der Waals surface area contributed by atoms with Crippen molar-refractivity contribution in [1.29, 1.82) is 0 Å². The van der Waals surface area contributed by atoms with Gasteiger partial charge in [-0.05, 0) is 53.1 Å². The first-order valence-electron chi connectivity index (χ1n) is 8.18. The van der Waals surface area contributed by atoms with Gasteiger partial charge in [-0.15, -0.1) is 0 Å². The summed E-state index contributed by atoms with van der Waals surface area (Å²) < 4.78 is 118. The van der Waals surface area contributed by atoms with Gasteiger partial charge in [0.1, 0.15) is 0 Å². The second-order valence-corrected chi connectivity index (χ2v) is 8.66. The number of sulfone groups is 1. The SMILES string of the molecule is CS(=O)(=O)c1ccc(C2=CC(C(F)(F)F)(C(F)(F)F)C=C2c2ccc(F)nc2)cc1. The quantitative estimate of drug-likeness (QED) is 0.475. The van der Waals surface area contributed by atoms with Gasteiger partial charge in [0.25, 0.3) is 0 Å². The number of hydrogen-bond acceptors (Lipinski definition) is 3. The molecule has 1 aliphatic rings. The molecule has 1 aromatic carbocycles. The smallest absolute Gasteiger partial charge is 0.228 e. The van der Waals surface area contributed by atoms with Crippen LogP contribution in [-0.2, 0) is 9.84 Å². The predicted molar refractivity (Wildman–Crippen MR) is 94.2 cm³/mol. The lowest BCUT2D eigenvalue weighted by atomic mass is 9.87. The van der Waals surface area contributed by atoms with Crippen molar-refractivity contribution in [2.24, 2.45) is 5.41 Å². The zero-order valence-corrected chi connectivity index (χ0v) is 15.8. The van der Waals surface area contributed by atoms with Gasteiger partial charge in [-0.1, -0.05) is 12.1 Å². The minimum Gasteiger partial charge on any atom is -0.228 e. The monoisotopic (exact) mass is 451 g/mol. The number of allylic oxidation sites excluding steroid dienone is 4. The van der Waals surface area contributed by atoms with Gasteiger partial charge in [0, 0.05) is 18.0 Å². The van der Waals surface area contributed by atoms with Crippen molar-refractivity contribution in [2.45, 2.75) is 17.2 Å². The third-order valence-corrected chi connectivity index (χ3v) is 5.73. The summed E-state index contributed by atoms with van der Waals surface area (Å²) in [6.07, 6.45) is -9.62. The maximum absolute atomic E-state index is 13.6. The predicted octanol–water partition coefficient (Wildman–Crippen LogP) is 5.22. The topological polar surface area (TPSA) is 47.0 Å². The number of rotatable bonds is 3. The molecule has 0 unspecified atom stereocenters. The molecule has 1 aromatic heterocycles. The summed E-state index contributed by atoms with van der Waals surface area (Å²) in [5, 5.41) is 0. The van der Waals surface area contributed by atoms with Gasteiger partial charge in [0.2, 0.25) is 5.95 Å². The Morgan fingerprint density at radius 1 is 0.800 bits per heavy atom. The summed E-state index contributed by atoms with van der Waals surface area (Å²) in [4.78, 5) is 3.14. The third-order valence-electron chi connectivity index (χ3n) is 4.60. The standard InChI is InChI=1S/C19H12F7NO2S/c1-30(28,29)13-5-2-11(3-6-13)14-8-17(18(21,22)23,19(24,25)26)9-15(14)12-4-7-16(20)27-10-12/h2-10H,1H3. The maximum atomic E-state index is 13.6. The van der Waals surface area contributed by atoms with E-state index < -0.39 is 44.7 Å². The first-order valence-corrected chi connectivity index (χ1v) is 10.1. The number of pyridine rings is 1. The van der Waals surface area contributed by atoms with Gasteiger partial charge < -0.3 is 0 Å². The Morgan fingerprint density at radius 2 is 1.27 bits per heavy atom. The van der Waals surface area contributed by atoms with Crippen molar-refractivity contribution in [2.75, 3.05) is 6.26 Å². The number of nitrogens with zero attached hydrogens (tertiary/aromatic N) is 1. The first kappa shape index (κ1) is 22.0. The molecule has 0 bridgehead atoms. The highest BCUT2D eigenvalue weighted by atomic mass is 32.2. The second kappa shape index (κ2) is 6.93. The second-order valence-electron chi connectivity index (χ2n) is 6.65. The summed E-state index contributed by atoms with van der Waals surface area (Å²) >= 11 is 0. The molecule has 0 spiro atoms. The molecule has 3 rings (SSSR count). The Kier molecular flexibility index (Phi) is 5.08. The van der Waals surface area contributed by atoms with E-state index in [0.717, 1.165) is 48.9 Å². The fourth-order valence-electron chi connectivity index (χ4n) is 3.04. The molecule has 0 saturated carbocycles. The summed E-state index contributed by atoms with van der Waals surface area (Å²) in [7, 11) is -3.63. The molecule has 30 heavy (non-hydrogen) atoms. The summed E-state index contributed by atoms with van der Waals surface area (Å²) in [5.41, 5.74) is -5.39. The van der Waals surface area contributed by atoms with Crippen molar-refractivity contribution < 1.29 is 39.2 Å². The average Bonchev–Trinajstić information content (AvgIpc) is 3.04. The zero-order chi connectivity index (χ0) is 22.5. The number of alkyl halides is 6. The minimum absolute atomic E-state index is 0.0295. The maximum Gasteiger partial charge on any atom is 0.410 e. The van der Waals surface area contributed by atoms with Crippen LogP contribution in [0.1, 0.15) is 11.1 Å². The highest BCUT2D eigenvalue weighted by Gasteiger charge is 2.70. The van der Waals surface area contributed by atoms with Crippen LogP contribution in [0.4, 0.5) is 30.7 Å². The van der Waals surface area contributed by atoms with E-state index in [-0.39, 0.29) is 28.2 Å². The van der Waals surface area contributed by atoms with Gasteiger partial charge in [0.05, 0.1) is 4.90 Å². The molecular formula is C19H12F7NO2S. The van der Waals surface area contributed by atoms with Crippen molar-refractivity contribution in [3.05, 3.63) is 71.8 Å². The third kappa shape index (κ3) is 3.73. The van der Waals surface area contributed by atoms with E-state index in [0.29, 0.717) is 0 Å². The van der Waals surface area contributed by atoms with Crippen LogP contribution in [0, 0.1) is 11.4 Å². The lowest BCUT2D eigenvalue weighted by molar-refractivity contribution is -0.301. The van der Waals surface area contributed by atoms with Crippen LogP contribution >= 0.6 is 0 Å². The fraction of sp³-hybridized carbons (Fsp3) is 0.211. The van der Waals surface area contributed by atoms with Crippen molar-refractivity contribution in [3.63, 3.8) is 0 Å². The minimum atomic E-state index is -5.71. The molecule has 0 radical (unpaired) electrons. The van der Waals surface area contributed by atoms with E-state index >= 15 is 0 Å². The highest BCUT2D eigenvalue weighted by Crippen LogP contribution is 2.59. The van der Waals surface area contributed by atoms with E-state index in [1.807, 2.05) is 0 Å². The molecule has 11 heteroatoms. The number of halogens is 7. The van der Waals surface area contributed by atoms with Crippen molar-refractivity contribution in [1.82, 2.24) is 4.98 Å². The van der Waals surface area contributed by atoms with Crippen LogP contribution < -0.4 is 0 Å². The normalized spacial score (nSPS) is 16.9. The molecule has 160 valence electrons. The molecule has 0 amide bonds. The zero-order valence-electron chi connectivity index (χ0n) is 15.0. The van der Waals surface area contributed by atoms with E-state index in [1.54, 1.807) is 0 Å². The van der Waals surface area contributed by atoms with E-state index in [2.05, 4.69) is 4.98 Å². The molecule has 3 nitrogen and oxygen atoms in total. The van der Waals surface area contributed by atoms with E-state index in [4.69, 9.17) is 0 Å². The molecule has 1 aliphatic carbocycles. The lowest BCUT2D eigenvalue weighted by Gasteiger charge is -2.30. The summed E-state index contributed by atoms with van der Waals surface area (Å²) in [6.45, 7) is 0. The van der Waals surface area contributed by atoms with Crippen LogP contribution in [0.15, 0.2) is 59.6 Å². The van der Waals surface area contributed by atoms with Crippen LogP contribution in [0.25, 0.3) is 11.1 Å². The Morgan fingerprint density at radius 3 is 1.67 bits per heavy atom. The number of hydrogen-bond donors (Lipinski definition) is 0. The Balaban J connectivity index is 2.26. The van der Waals surface area contributed by atoms with Gasteiger partial charge >= 0.3 is 12.4 Å². The molecule has 0 fully saturated rings. The molecular weight excluding hydrogens is 439 g/mol. The van der Waals surface area contributed by atoms with Crippen LogP contribution in [0.3, 0.4) is 0 Å². The molecule has 0 saturated heterocycles. The first-order chi connectivity index (χ1) is 13.7. The highest BCUT2D eigenvalue weighted by molar-refractivity contribution is 7.90. The molecule has 0 aliphatic heterocycles. The van der Waals surface area contributed by atoms with Crippen LogP contribution in [0.2, 0.25) is 0 Å². The lowest BCUT2D eigenvalue weighted by Crippen LogP contribution is -2.46. The summed E-state index contributed by atoms with van der Waals surface area (Å²) in [5.74, 6) is -0.960. The molecule has 0 atom stereocenters. The Hall–Kier alpha value is -2.69. The largest absolute Gasteiger partial charge is 0.410 e. The van der Waals surface area contributed by atoms with Gasteiger partial charge in [-0.2, -0.15) is 30.7 Å². The van der Waals surface area contributed by atoms with E-state index in [9.17, 15) is 39.2 Å². The van der Waals surface area contributed by atoms with Gasteiger partial charge in [0.15, 0.2) is 15.3 Å². The number of aromatic nitrogens is 1. The van der Waals surface area contributed by atoms with Gasteiger partial charge in [-0.3, -0.25) is 0 Å². The van der Waals surface area contributed by atoms with Crippen molar-refractivity contribution in [3.8, 4) is 0 Å².